The number of carbonyl (C=O) groups is 2. The molecule has 1 N–H and O–H groups in total. The third-order valence-corrected chi connectivity index (χ3v) is 6.52. The van der Waals surface area contributed by atoms with Crippen molar-refractivity contribution in [2.45, 2.75) is 6.04 Å². The van der Waals surface area contributed by atoms with Gasteiger partial charge in [-0.3, -0.25) is 9.89 Å². The first-order valence-electron chi connectivity index (χ1n) is 11.1. The van der Waals surface area contributed by atoms with Crippen LogP contribution in [0.2, 0.25) is 10.0 Å². The van der Waals surface area contributed by atoms with Gasteiger partial charge in [0.25, 0.3) is 0 Å². The number of carbonyl (C=O) groups excluding carboxylic acids is 2. The smallest absolute Gasteiger partial charge is 0.409 e. The molecule has 2 aliphatic heterocycles. The zero-order valence-electron chi connectivity index (χ0n) is 19.6. The highest BCUT2D eigenvalue weighted by atomic mass is 35.5. The van der Waals surface area contributed by atoms with Crippen LogP contribution in [0.4, 0.5) is 9.18 Å². The number of nitrogens with zero attached hydrogens (tertiary/aromatic N) is 4. The van der Waals surface area contributed by atoms with Crippen molar-refractivity contribution in [3.63, 3.8) is 0 Å². The van der Waals surface area contributed by atoms with Crippen LogP contribution in [0.3, 0.4) is 0 Å². The van der Waals surface area contributed by atoms with Crippen molar-refractivity contribution >= 4 is 41.1 Å². The highest BCUT2D eigenvalue weighted by molar-refractivity contribution is 6.35. The summed E-state index contributed by atoms with van der Waals surface area (Å²) in [5, 5.41) is 3.83. The molecular weight excluding hydrogens is 512 g/mol. The number of methoxy groups -OCH3 is 2. The number of pyridine rings is 1. The molecule has 2 aromatic rings. The maximum atomic E-state index is 14.7. The quantitative estimate of drug-likeness (QED) is 0.585. The average molecular weight is 536 g/mol. The van der Waals surface area contributed by atoms with Crippen LogP contribution >= 0.6 is 23.2 Å². The van der Waals surface area contributed by atoms with E-state index in [4.69, 9.17) is 32.7 Å². The Morgan fingerprint density at radius 1 is 1.14 bits per heavy atom. The molecule has 0 spiro atoms. The van der Waals surface area contributed by atoms with Gasteiger partial charge in [-0.05, 0) is 24.3 Å². The fourth-order valence-electron chi connectivity index (χ4n) is 4.14. The summed E-state index contributed by atoms with van der Waals surface area (Å²) in [4.78, 5) is 37.3. The minimum absolute atomic E-state index is 0.00418. The summed E-state index contributed by atoms with van der Waals surface area (Å²) >= 11 is 12.6. The first-order valence-corrected chi connectivity index (χ1v) is 11.8. The molecule has 0 saturated carbocycles. The van der Waals surface area contributed by atoms with E-state index in [1.165, 1.54) is 32.5 Å². The van der Waals surface area contributed by atoms with Gasteiger partial charge in [-0.25, -0.2) is 19.0 Å². The number of ether oxygens (including phenoxy) is 2. The van der Waals surface area contributed by atoms with Crippen molar-refractivity contribution < 1.29 is 23.5 Å². The van der Waals surface area contributed by atoms with Gasteiger partial charge >= 0.3 is 12.1 Å². The van der Waals surface area contributed by atoms with Crippen LogP contribution in [0.5, 0.6) is 0 Å². The predicted molar refractivity (Wildman–Crippen MR) is 133 cm³/mol. The molecular formula is C24H24Cl2FN5O4. The number of esters is 1. The molecule has 3 heterocycles. The van der Waals surface area contributed by atoms with Gasteiger partial charge in [0.05, 0.1) is 19.8 Å². The number of piperazine rings is 1. The van der Waals surface area contributed by atoms with Crippen LogP contribution in [0.1, 0.15) is 17.3 Å². The van der Waals surface area contributed by atoms with Gasteiger partial charge in [-0.2, -0.15) is 0 Å². The highest BCUT2D eigenvalue weighted by Crippen LogP contribution is 2.37. The Balaban J connectivity index is 1.75. The van der Waals surface area contributed by atoms with Crippen molar-refractivity contribution in [2.24, 2.45) is 4.99 Å². The number of amides is 1. The number of benzene rings is 1. The molecule has 12 heteroatoms. The van der Waals surface area contributed by atoms with Gasteiger partial charge in [0.2, 0.25) is 0 Å². The average Bonchev–Trinajstić information content (AvgIpc) is 2.88. The minimum Gasteiger partial charge on any atom is -0.466 e. The molecule has 0 bridgehead atoms. The summed E-state index contributed by atoms with van der Waals surface area (Å²) in [6, 6.07) is 6.73. The van der Waals surface area contributed by atoms with Crippen LogP contribution < -0.4 is 5.32 Å². The zero-order valence-corrected chi connectivity index (χ0v) is 21.1. The second-order valence-corrected chi connectivity index (χ2v) is 8.97. The van der Waals surface area contributed by atoms with Crippen molar-refractivity contribution in [2.75, 3.05) is 46.9 Å². The number of nitrogens with one attached hydrogen (secondary N) is 1. The van der Waals surface area contributed by atoms with Crippen molar-refractivity contribution in [1.29, 1.82) is 0 Å². The van der Waals surface area contributed by atoms with E-state index in [-0.39, 0.29) is 23.6 Å². The SMILES string of the molecule is COC(=O)C1=C(CN2CCN(C(=O)OC)CC2)NC(c2ncccc2F)=NC1c1ccc(Cl)cc1Cl. The molecule has 9 nitrogen and oxygen atoms in total. The van der Waals surface area contributed by atoms with E-state index in [9.17, 15) is 14.0 Å². The Labute approximate surface area is 217 Å². The fourth-order valence-corrected chi connectivity index (χ4v) is 4.65. The summed E-state index contributed by atoms with van der Waals surface area (Å²) in [7, 11) is 2.62. The summed E-state index contributed by atoms with van der Waals surface area (Å²) < 4.78 is 24.6. The molecule has 1 fully saturated rings. The van der Waals surface area contributed by atoms with Gasteiger partial charge in [0, 0.05) is 60.2 Å². The molecule has 190 valence electrons. The Morgan fingerprint density at radius 2 is 1.89 bits per heavy atom. The van der Waals surface area contributed by atoms with Crippen LogP contribution in [0.15, 0.2) is 52.8 Å². The number of amidine groups is 1. The lowest BCUT2D eigenvalue weighted by molar-refractivity contribution is -0.136. The third kappa shape index (κ3) is 5.45. The highest BCUT2D eigenvalue weighted by Gasteiger charge is 2.35. The topological polar surface area (TPSA) is 96.4 Å². The Morgan fingerprint density at radius 3 is 2.53 bits per heavy atom. The lowest BCUT2D eigenvalue weighted by Gasteiger charge is -2.36. The first-order chi connectivity index (χ1) is 17.3. The van der Waals surface area contributed by atoms with Crippen molar-refractivity contribution in [3.05, 3.63) is 74.9 Å². The number of halogens is 3. The molecule has 1 atom stereocenters. The second kappa shape index (κ2) is 11.2. The van der Waals surface area contributed by atoms with Crippen LogP contribution in [-0.2, 0) is 14.3 Å². The van der Waals surface area contributed by atoms with Gasteiger partial charge in [-0.1, -0.05) is 29.3 Å². The van der Waals surface area contributed by atoms with E-state index >= 15 is 0 Å². The second-order valence-electron chi connectivity index (χ2n) is 8.12. The van der Waals surface area contributed by atoms with Crippen LogP contribution in [0, 0.1) is 5.82 Å². The van der Waals surface area contributed by atoms with E-state index in [0.29, 0.717) is 47.5 Å². The molecule has 1 saturated heterocycles. The van der Waals surface area contributed by atoms with Crippen molar-refractivity contribution in [3.8, 4) is 0 Å². The Bertz CT molecular complexity index is 1230. The molecule has 2 aliphatic rings. The Kier molecular flexibility index (Phi) is 8.07. The Hall–Kier alpha value is -3.21. The van der Waals surface area contributed by atoms with Gasteiger partial charge in [0.15, 0.2) is 11.7 Å². The van der Waals surface area contributed by atoms with Gasteiger partial charge in [0.1, 0.15) is 11.7 Å². The monoisotopic (exact) mass is 535 g/mol. The lowest BCUT2D eigenvalue weighted by atomic mass is 9.95. The fraction of sp³-hybridized carbons (Fsp3) is 0.333. The number of aliphatic imine (C=N–C) groups is 1. The molecule has 1 amide bonds. The number of hydrogen-bond acceptors (Lipinski definition) is 8. The predicted octanol–water partition coefficient (Wildman–Crippen LogP) is 3.43. The minimum atomic E-state index is -0.897. The zero-order chi connectivity index (χ0) is 25.8. The summed E-state index contributed by atoms with van der Waals surface area (Å²) in [5.41, 5.74) is 1.21. The molecule has 36 heavy (non-hydrogen) atoms. The lowest BCUT2D eigenvalue weighted by Crippen LogP contribution is -2.50. The van der Waals surface area contributed by atoms with E-state index in [1.807, 2.05) is 0 Å². The van der Waals surface area contributed by atoms with Gasteiger partial charge < -0.3 is 19.7 Å². The van der Waals surface area contributed by atoms with Crippen molar-refractivity contribution in [1.82, 2.24) is 20.1 Å². The third-order valence-electron chi connectivity index (χ3n) is 5.96. The maximum Gasteiger partial charge on any atom is 0.409 e. The van der Waals surface area contributed by atoms with E-state index < -0.39 is 23.9 Å². The van der Waals surface area contributed by atoms with E-state index in [2.05, 4.69) is 20.2 Å². The summed E-state index contributed by atoms with van der Waals surface area (Å²) in [6.07, 6.45) is 1.07. The molecule has 1 unspecified atom stereocenters. The number of hydrogen-bond donors (Lipinski definition) is 1. The van der Waals surface area contributed by atoms with E-state index in [0.717, 1.165) is 0 Å². The van der Waals surface area contributed by atoms with Crippen LogP contribution in [0.25, 0.3) is 0 Å². The number of aromatic nitrogens is 1. The van der Waals surface area contributed by atoms with Crippen LogP contribution in [-0.4, -0.2) is 79.6 Å². The summed E-state index contributed by atoms with van der Waals surface area (Å²) in [6.45, 7) is 2.26. The maximum absolute atomic E-state index is 14.7. The normalized spacial score (nSPS) is 18.4. The van der Waals surface area contributed by atoms with Gasteiger partial charge in [-0.15, -0.1) is 0 Å². The number of rotatable bonds is 5. The molecule has 4 rings (SSSR count). The molecule has 0 aliphatic carbocycles. The van der Waals surface area contributed by atoms with E-state index in [1.54, 1.807) is 23.1 Å². The first kappa shape index (κ1) is 25.9. The molecule has 1 aromatic carbocycles. The largest absolute Gasteiger partial charge is 0.466 e. The molecule has 1 aromatic heterocycles. The molecule has 0 radical (unpaired) electrons. The standard InChI is InChI=1S/C24H24Cl2FN5O4/c1-35-23(33)19-18(13-31-8-10-32(11-9-31)24(34)36-2)29-22(21-17(27)4-3-7-28-21)30-20(19)15-6-5-14(25)12-16(15)26/h3-7,12,20H,8-11,13H2,1-2H3,(H,29,30). The summed E-state index contributed by atoms with van der Waals surface area (Å²) in [5.74, 6) is -1.02.